The Morgan fingerprint density at radius 2 is 1.93 bits per heavy atom. The van der Waals surface area contributed by atoms with Crippen LogP contribution < -0.4 is 4.74 Å². The van der Waals surface area contributed by atoms with Crippen molar-refractivity contribution < 1.29 is 22.7 Å². The van der Waals surface area contributed by atoms with E-state index in [0.29, 0.717) is 17.7 Å². The van der Waals surface area contributed by atoms with E-state index in [2.05, 4.69) is 0 Å². The van der Waals surface area contributed by atoms with E-state index in [-0.39, 0.29) is 43.1 Å². The van der Waals surface area contributed by atoms with Gasteiger partial charge in [-0.15, -0.1) is 0 Å². The number of ether oxygens (including phenoxy) is 1. The molecule has 5 nitrogen and oxygen atoms in total. The molecule has 2 unspecified atom stereocenters. The molecule has 0 saturated carbocycles. The van der Waals surface area contributed by atoms with E-state index < -0.39 is 15.9 Å². The van der Waals surface area contributed by atoms with Gasteiger partial charge in [0.05, 0.1) is 11.5 Å². The number of aliphatic hydroxyl groups excluding tert-OH is 1. The number of halogens is 1. The maximum Gasteiger partial charge on any atom is 0.151 e. The molecule has 0 spiro atoms. The third-order valence-electron chi connectivity index (χ3n) is 5.03. The van der Waals surface area contributed by atoms with Crippen molar-refractivity contribution in [1.82, 2.24) is 4.90 Å². The van der Waals surface area contributed by atoms with E-state index in [0.717, 1.165) is 5.56 Å². The summed E-state index contributed by atoms with van der Waals surface area (Å²) in [4.78, 5) is 1.86. The molecule has 28 heavy (non-hydrogen) atoms. The lowest BCUT2D eigenvalue weighted by atomic mass is 10.1. The number of aliphatic hydroxyl groups is 1. The van der Waals surface area contributed by atoms with Crippen LogP contribution in [-0.4, -0.2) is 55.2 Å². The van der Waals surface area contributed by atoms with Gasteiger partial charge < -0.3 is 9.84 Å². The minimum absolute atomic E-state index is 0.0345. The largest absolute Gasteiger partial charge is 0.491 e. The van der Waals surface area contributed by atoms with Gasteiger partial charge in [-0.2, -0.15) is 0 Å². The van der Waals surface area contributed by atoms with E-state index in [1.807, 2.05) is 36.1 Å². The zero-order valence-electron chi connectivity index (χ0n) is 15.9. The fraction of sp³-hybridized carbons (Fsp3) is 0.429. The van der Waals surface area contributed by atoms with Crippen molar-refractivity contribution in [3.05, 3.63) is 65.5 Å². The molecule has 1 aliphatic heterocycles. The van der Waals surface area contributed by atoms with Crippen molar-refractivity contribution in [2.24, 2.45) is 0 Å². The minimum atomic E-state index is -3.09. The Bertz CT molecular complexity index is 903. The zero-order chi connectivity index (χ0) is 20.1. The minimum Gasteiger partial charge on any atom is -0.491 e. The van der Waals surface area contributed by atoms with E-state index >= 15 is 0 Å². The van der Waals surface area contributed by atoms with Crippen molar-refractivity contribution in [3.8, 4) is 5.75 Å². The zero-order valence-corrected chi connectivity index (χ0v) is 16.7. The summed E-state index contributed by atoms with van der Waals surface area (Å²) in [7, 11) is -3.09. The van der Waals surface area contributed by atoms with Crippen molar-refractivity contribution in [2.45, 2.75) is 32.0 Å². The molecule has 0 bridgehead atoms. The summed E-state index contributed by atoms with van der Waals surface area (Å²) in [6.45, 7) is 2.46. The number of hydrogen-bond donors (Lipinski definition) is 1. The number of sulfone groups is 1. The van der Waals surface area contributed by atoms with Gasteiger partial charge in [-0.05, 0) is 31.0 Å². The lowest BCUT2D eigenvalue weighted by molar-refractivity contribution is 0.0518. The summed E-state index contributed by atoms with van der Waals surface area (Å²) in [6.07, 6.45) is -0.336. The number of nitrogens with zero attached hydrogens (tertiary/aromatic N) is 1. The maximum atomic E-state index is 14.1. The number of aryl methyl sites for hydroxylation is 1. The first kappa shape index (κ1) is 20.8. The van der Waals surface area contributed by atoms with Gasteiger partial charge in [-0.3, -0.25) is 4.90 Å². The summed E-state index contributed by atoms with van der Waals surface area (Å²) in [5.74, 6) is 0.526. The highest BCUT2D eigenvalue weighted by Crippen LogP contribution is 2.22. The molecule has 0 aromatic heterocycles. The molecule has 1 heterocycles. The Morgan fingerprint density at radius 1 is 1.21 bits per heavy atom. The van der Waals surface area contributed by atoms with Gasteiger partial charge >= 0.3 is 0 Å². The van der Waals surface area contributed by atoms with Gasteiger partial charge in [-0.25, -0.2) is 12.8 Å². The Morgan fingerprint density at radius 3 is 2.61 bits per heavy atom. The topological polar surface area (TPSA) is 66.8 Å². The Labute approximate surface area is 165 Å². The molecule has 1 saturated heterocycles. The van der Waals surface area contributed by atoms with Gasteiger partial charge in [0, 0.05) is 24.7 Å². The number of rotatable bonds is 8. The fourth-order valence-electron chi connectivity index (χ4n) is 3.48. The molecule has 1 N–H and O–H groups in total. The van der Waals surface area contributed by atoms with Crippen LogP contribution in [0.25, 0.3) is 0 Å². The Hall–Kier alpha value is -1.96. The van der Waals surface area contributed by atoms with Crippen LogP contribution in [0.4, 0.5) is 4.39 Å². The summed E-state index contributed by atoms with van der Waals surface area (Å²) in [6, 6.07) is 13.7. The smallest absolute Gasteiger partial charge is 0.151 e. The van der Waals surface area contributed by atoms with Crippen molar-refractivity contribution in [2.75, 3.05) is 24.7 Å². The van der Waals surface area contributed by atoms with Crippen LogP contribution in [0.15, 0.2) is 48.5 Å². The average Bonchev–Trinajstić information content (AvgIpc) is 3.02. The molecular weight excluding hydrogens is 381 g/mol. The first-order chi connectivity index (χ1) is 13.3. The van der Waals surface area contributed by atoms with Crippen molar-refractivity contribution in [3.63, 3.8) is 0 Å². The third kappa shape index (κ3) is 5.53. The lowest BCUT2D eigenvalue weighted by Gasteiger charge is -2.30. The highest BCUT2D eigenvalue weighted by Gasteiger charge is 2.33. The van der Waals surface area contributed by atoms with Gasteiger partial charge in [0.15, 0.2) is 9.84 Å². The first-order valence-corrected chi connectivity index (χ1v) is 11.2. The predicted molar refractivity (Wildman–Crippen MR) is 107 cm³/mol. The molecule has 0 aliphatic carbocycles. The molecule has 0 radical (unpaired) electrons. The second-order valence-electron chi connectivity index (χ2n) is 7.31. The number of hydrogen-bond acceptors (Lipinski definition) is 5. The summed E-state index contributed by atoms with van der Waals surface area (Å²) in [5, 5.41) is 10.5. The van der Waals surface area contributed by atoms with Gasteiger partial charge in [0.1, 0.15) is 24.3 Å². The predicted octanol–water partition coefficient (Wildman–Crippen LogP) is 2.56. The molecule has 2 aromatic rings. The molecule has 1 fully saturated rings. The van der Waals surface area contributed by atoms with Gasteiger partial charge in [-0.1, -0.05) is 36.4 Å². The van der Waals surface area contributed by atoms with Crippen LogP contribution in [0.1, 0.15) is 17.5 Å². The van der Waals surface area contributed by atoms with Crippen LogP contribution in [-0.2, 0) is 16.4 Å². The highest BCUT2D eigenvalue weighted by atomic mass is 32.2. The second-order valence-corrected chi connectivity index (χ2v) is 9.54. The maximum absolute atomic E-state index is 14.1. The first-order valence-electron chi connectivity index (χ1n) is 9.38. The van der Waals surface area contributed by atoms with Crippen LogP contribution >= 0.6 is 0 Å². The third-order valence-corrected chi connectivity index (χ3v) is 6.78. The van der Waals surface area contributed by atoms with Crippen LogP contribution in [0.5, 0.6) is 5.75 Å². The summed E-state index contributed by atoms with van der Waals surface area (Å²) >= 11 is 0. The van der Waals surface area contributed by atoms with Crippen LogP contribution in [0.2, 0.25) is 0 Å². The molecule has 2 atom stereocenters. The van der Waals surface area contributed by atoms with Crippen LogP contribution in [0.3, 0.4) is 0 Å². The summed E-state index contributed by atoms with van der Waals surface area (Å²) < 4.78 is 43.6. The van der Waals surface area contributed by atoms with E-state index in [4.69, 9.17) is 4.74 Å². The molecule has 152 valence electrons. The van der Waals surface area contributed by atoms with Gasteiger partial charge in [0.25, 0.3) is 0 Å². The molecule has 7 heteroatoms. The van der Waals surface area contributed by atoms with E-state index in [1.54, 1.807) is 18.2 Å². The SMILES string of the molecule is Cc1ccccc1OCC(O)CN(Cc1ccccc1F)C1CCS(=O)(=O)C1. The Kier molecular flexibility index (Phi) is 6.69. The standard InChI is InChI=1S/C21H26FNO4S/c1-16-6-2-5-9-21(16)27-14-19(24)13-23(18-10-11-28(25,26)15-18)12-17-7-3-4-8-20(17)22/h2-9,18-19,24H,10-15H2,1H3. The molecular formula is C21H26FNO4S. The van der Waals surface area contributed by atoms with E-state index in [9.17, 15) is 17.9 Å². The lowest BCUT2D eigenvalue weighted by Crippen LogP contribution is -2.42. The van der Waals surface area contributed by atoms with Crippen molar-refractivity contribution >= 4 is 9.84 Å². The normalized spacial score (nSPS) is 19.6. The van der Waals surface area contributed by atoms with Crippen LogP contribution in [0, 0.1) is 12.7 Å². The molecule has 1 aliphatic rings. The van der Waals surface area contributed by atoms with Crippen molar-refractivity contribution in [1.29, 1.82) is 0 Å². The van der Waals surface area contributed by atoms with E-state index in [1.165, 1.54) is 6.07 Å². The quantitative estimate of drug-likeness (QED) is 0.729. The highest BCUT2D eigenvalue weighted by molar-refractivity contribution is 7.91. The number of benzene rings is 2. The Balaban J connectivity index is 1.68. The number of para-hydroxylation sites is 1. The monoisotopic (exact) mass is 407 g/mol. The molecule has 0 amide bonds. The average molecular weight is 408 g/mol. The summed E-state index contributed by atoms with van der Waals surface area (Å²) in [5.41, 5.74) is 1.46. The molecule has 2 aromatic carbocycles. The second kappa shape index (κ2) is 9.03. The molecule has 3 rings (SSSR count). The fourth-order valence-corrected chi connectivity index (χ4v) is 5.24. The van der Waals surface area contributed by atoms with Gasteiger partial charge in [0.2, 0.25) is 0 Å².